The van der Waals surface area contributed by atoms with E-state index in [-0.39, 0.29) is 0 Å². The van der Waals surface area contributed by atoms with Gasteiger partial charge in [0.25, 0.3) is 0 Å². The Morgan fingerprint density at radius 1 is 1.35 bits per heavy atom. The van der Waals surface area contributed by atoms with Gasteiger partial charge in [0.2, 0.25) is 0 Å². The lowest BCUT2D eigenvalue weighted by molar-refractivity contribution is 0.268. The first kappa shape index (κ1) is 12.5. The van der Waals surface area contributed by atoms with Gasteiger partial charge in [0.05, 0.1) is 11.4 Å². The van der Waals surface area contributed by atoms with Crippen molar-refractivity contribution in [1.82, 2.24) is 9.78 Å². The normalized spacial score (nSPS) is 29.3. The summed E-state index contributed by atoms with van der Waals surface area (Å²) < 4.78 is 1.92. The third kappa shape index (κ3) is 2.64. The summed E-state index contributed by atoms with van der Waals surface area (Å²) in [5.41, 5.74) is 2.43. The first-order valence-electron chi connectivity index (χ1n) is 6.90. The van der Waals surface area contributed by atoms with E-state index in [0.717, 1.165) is 18.3 Å². The largest absolute Gasteiger partial charge is 0.379 e. The van der Waals surface area contributed by atoms with E-state index < -0.39 is 0 Å². The molecule has 2 atom stereocenters. The molecule has 0 bridgehead atoms. The molecule has 96 valence electrons. The number of aromatic nitrogens is 2. The molecule has 1 aliphatic rings. The quantitative estimate of drug-likeness (QED) is 0.871. The Morgan fingerprint density at radius 2 is 2.00 bits per heavy atom. The van der Waals surface area contributed by atoms with E-state index in [1.807, 2.05) is 11.7 Å². The van der Waals surface area contributed by atoms with Crippen LogP contribution in [0.15, 0.2) is 6.20 Å². The summed E-state index contributed by atoms with van der Waals surface area (Å²) in [6.45, 7) is 6.91. The fourth-order valence-corrected chi connectivity index (χ4v) is 3.06. The van der Waals surface area contributed by atoms with Gasteiger partial charge in [-0.2, -0.15) is 5.10 Å². The summed E-state index contributed by atoms with van der Waals surface area (Å²) in [7, 11) is 2.00. The van der Waals surface area contributed by atoms with Crippen LogP contribution in [0.1, 0.15) is 45.7 Å². The highest BCUT2D eigenvalue weighted by molar-refractivity contribution is 5.47. The van der Waals surface area contributed by atoms with E-state index >= 15 is 0 Å². The van der Waals surface area contributed by atoms with Crippen LogP contribution < -0.4 is 5.32 Å². The summed E-state index contributed by atoms with van der Waals surface area (Å²) >= 11 is 0. The van der Waals surface area contributed by atoms with Gasteiger partial charge in [-0.3, -0.25) is 4.68 Å². The smallest absolute Gasteiger partial charge is 0.0853 e. The zero-order valence-corrected chi connectivity index (χ0v) is 11.5. The van der Waals surface area contributed by atoms with Crippen LogP contribution in [-0.4, -0.2) is 15.8 Å². The van der Waals surface area contributed by atoms with E-state index in [0.29, 0.717) is 6.04 Å². The molecule has 2 unspecified atom stereocenters. The second kappa shape index (κ2) is 5.11. The third-order valence-corrected chi connectivity index (χ3v) is 4.11. The van der Waals surface area contributed by atoms with Crippen molar-refractivity contribution in [2.24, 2.45) is 18.9 Å². The van der Waals surface area contributed by atoms with Crippen LogP contribution in [0.25, 0.3) is 0 Å². The number of rotatable bonds is 3. The van der Waals surface area contributed by atoms with Gasteiger partial charge in [0, 0.05) is 19.3 Å². The van der Waals surface area contributed by atoms with E-state index in [1.54, 1.807) is 0 Å². The van der Waals surface area contributed by atoms with Crippen LogP contribution in [-0.2, 0) is 13.5 Å². The first-order chi connectivity index (χ1) is 8.11. The topological polar surface area (TPSA) is 29.9 Å². The predicted molar refractivity (Wildman–Crippen MR) is 72.2 cm³/mol. The molecule has 1 fully saturated rings. The van der Waals surface area contributed by atoms with Crippen molar-refractivity contribution in [3.8, 4) is 0 Å². The first-order valence-corrected chi connectivity index (χ1v) is 6.90. The SMILES string of the molecule is CCc1nn(C)cc1NC1C(C)CCCC1C. The molecule has 1 N–H and O–H groups in total. The molecule has 1 aliphatic carbocycles. The van der Waals surface area contributed by atoms with Crippen LogP contribution in [0.5, 0.6) is 0 Å². The average molecular weight is 235 g/mol. The Bertz CT molecular complexity index is 360. The zero-order chi connectivity index (χ0) is 12.4. The maximum Gasteiger partial charge on any atom is 0.0853 e. The molecule has 17 heavy (non-hydrogen) atoms. The van der Waals surface area contributed by atoms with Crippen molar-refractivity contribution >= 4 is 5.69 Å². The van der Waals surface area contributed by atoms with Crippen molar-refractivity contribution in [2.75, 3.05) is 5.32 Å². The number of nitrogens with one attached hydrogen (secondary N) is 1. The molecule has 0 amide bonds. The minimum absolute atomic E-state index is 0.609. The summed E-state index contributed by atoms with van der Waals surface area (Å²) in [5.74, 6) is 1.53. The van der Waals surface area contributed by atoms with Crippen LogP contribution >= 0.6 is 0 Å². The highest BCUT2D eigenvalue weighted by atomic mass is 15.3. The fraction of sp³-hybridized carbons (Fsp3) is 0.786. The average Bonchev–Trinajstić information content (AvgIpc) is 2.64. The molecule has 3 nitrogen and oxygen atoms in total. The van der Waals surface area contributed by atoms with Gasteiger partial charge in [0.1, 0.15) is 0 Å². The summed E-state index contributed by atoms with van der Waals surface area (Å²) in [6.07, 6.45) is 7.20. The van der Waals surface area contributed by atoms with Gasteiger partial charge in [0.15, 0.2) is 0 Å². The molecule has 0 saturated heterocycles. The standard InChI is InChI=1S/C14H25N3/c1-5-12-13(9-17(4)16-12)15-14-10(2)7-6-8-11(14)3/h9-11,14-15H,5-8H2,1-4H3. The minimum Gasteiger partial charge on any atom is -0.379 e. The third-order valence-electron chi connectivity index (χ3n) is 4.11. The van der Waals surface area contributed by atoms with Crippen molar-refractivity contribution in [1.29, 1.82) is 0 Å². The molecule has 2 rings (SSSR count). The Kier molecular flexibility index (Phi) is 3.75. The molecule has 0 radical (unpaired) electrons. The lowest BCUT2D eigenvalue weighted by Gasteiger charge is -2.35. The molecule has 0 aliphatic heterocycles. The number of aryl methyl sites for hydroxylation is 2. The Balaban J connectivity index is 2.12. The molecular weight excluding hydrogens is 210 g/mol. The van der Waals surface area contributed by atoms with Crippen molar-refractivity contribution in [3.05, 3.63) is 11.9 Å². The fourth-order valence-electron chi connectivity index (χ4n) is 3.06. The number of nitrogens with zero attached hydrogens (tertiary/aromatic N) is 2. The van der Waals surface area contributed by atoms with Crippen molar-refractivity contribution in [3.63, 3.8) is 0 Å². The van der Waals surface area contributed by atoms with E-state index in [9.17, 15) is 0 Å². The minimum atomic E-state index is 0.609. The Hall–Kier alpha value is -0.990. The van der Waals surface area contributed by atoms with Gasteiger partial charge in [-0.25, -0.2) is 0 Å². The summed E-state index contributed by atoms with van der Waals surface area (Å²) in [5, 5.41) is 8.24. The Labute approximate surface area is 105 Å². The van der Waals surface area contributed by atoms with Gasteiger partial charge in [-0.15, -0.1) is 0 Å². The summed E-state index contributed by atoms with van der Waals surface area (Å²) in [4.78, 5) is 0. The highest BCUT2D eigenvalue weighted by Crippen LogP contribution is 2.31. The monoisotopic (exact) mass is 235 g/mol. The molecule has 1 heterocycles. The lowest BCUT2D eigenvalue weighted by atomic mass is 9.78. The molecule has 1 aromatic rings. The molecule has 1 saturated carbocycles. The molecule has 0 spiro atoms. The van der Waals surface area contributed by atoms with Crippen LogP contribution in [0.4, 0.5) is 5.69 Å². The summed E-state index contributed by atoms with van der Waals surface area (Å²) in [6, 6.07) is 0.609. The van der Waals surface area contributed by atoms with Gasteiger partial charge in [-0.05, 0) is 31.1 Å². The second-order valence-electron chi connectivity index (χ2n) is 5.57. The van der Waals surface area contributed by atoms with E-state index in [1.165, 1.54) is 30.6 Å². The molecular formula is C14H25N3. The van der Waals surface area contributed by atoms with E-state index in [2.05, 4.69) is 37.4 Å². The molecule has 3 heteroatoms. The molecule has 1 aromatic heterocycles. The number of anilines is 1. The van der Waals surface area contributed by atoms with Crippen LogP contribution in [0.3, 0.4) is 0 Å². The van der Waals surface area contributed by atoms with E-state index in [4.69, 9.17) is 0 Å². The number of hydrogen-bond acceptors (Lipinski definition) is 2. The van der Waals surface area contributed by atoms with Gasteiger partial charge < -0.3 is 5.32 Å². The maximum atomic E-state index is 4.50. The van der Waals surface area contributed by atoms with Crippen molar-refractivity contribution in [2.45, 2.75) is 52.5 Å². The number of hydrogen-bond donors (Lipinski definition) is 1. The maximum absolute atomic E-state index is 4.50. The second-order valence-corrected chi connectivity index (χ2v) is 5.57. The Morgan fingerprint density at radius 3 is 2.59 bits per heavy atom. The van der Waals surface area contributed by atoms with Crippen molar-refractivity contribution < 1.29 is 0 Å². The predicted octanol–water partition coefficient (Wildman–Crippen LogP) is 3.22. The van der Waals surface area contributed by atoms with Crippen LogP contribution in [0, 0.1) is 11.8 Å². The van der Waals surface area contributed by atoms with Gasteiger partial charge in [-0.1, -0.05) is 27.2 Å². The zero-order valence-electron chi connectivity index (χ0n) is 11.5. The van der Waals surface area contributed by atoms with Gasteiger partial charge >= 0.3 is 0 Å². The highest BCUT2D eigenvalue weighted by Gasteiger charge is 2.28. The lowest BCUT2D eigenvalue weighted by Crippen LogP contribution is -2.37. The molecule has 0 aromatic carbocycles. The van der Waals surface area contributed by atoms with Crippen LogP contribution in [0.2, 0.25) is 0 Å².